The Bertz CT molecular complexity index is 841. The fourth-order valence-corrected chi connectivity index (χ4v) is 3.17. The minimum absolute atomic E-state index is 0.278. The van der Waals surface area contributed by atoms with Crippen LogP contribution in [-0.4, -0.2) is 5.91 Å². The molecule has 0 saturated heterocycles. The minimum atomic E-state index is -0.363. The molecule has 0 aliphatic rings. The van der Waals surface area contributed by atoms with E-state index in [9.17, 15) is 9.18 Å². The normalized spacial score (nSPS) is 10.8. The number of nitrogen functional groups attached to an aromatic ring is 1. The molecule has 0 aliphatic carbocycles. The number of nitrogens with one attached hydrogen (secondary N) is 1. The van der Waals surface area contributed by atoms with E-state index in [-0.39, 0.29) is 11.7 Å². The number of hydrogen-bond donors (Lipinski definition) is 2. The lowest BCUT2D eigenvalue weighted by Crippen LogP contribution is -2.11. The number of hydrogen-bond acceptors (Lipinski definition) is 3. The maximum atomic E-state index is 13.3. The highest BCUT2D eigenvalue weighted by Crippen LogP contribution is 2.34. The van der Waals surface area contributed by atoms with E-state index >= 15 is 0 Å². The van der Waals surface area contributed by atoms with Gasteiger partial charge in [0.2, 0.25) is 0 Å². The van der Waals surface area contributed by atoms with Crippen LogP contribution in [-0.2, 0) is 0 Å². The quantitative estimate of drug-likeness (QED) is 0.746. The SMILES string of the molecule is Cc1cccc(NC(=O)c2sc3ccc(F)cc3c2N)c1. The highest BCUT2D eigenvalue weighted by molar-refractivity contribution is 7.21. The first kappa shape index (κ1) is 13.6. The third kappa shape index (κ3) is 2.60. The molecule has 0 bridgehead atoms. The summed E-state index contributed by atoms with van der Waals surface area (Å²) in [5.41, 5.74) is 8.06. The van der Waals surface area contributed by atoms with Gasteiger partial charge >= 0.3 is 0 Å². The van der Waals surface area contributed by atoms with E-state index in [4.69, 9.17) is 5.73 Å². The van der Waals surface area contributed by atoms with Gasteiger partial charge in [-0.3, -0.25) is 4.79 Å². The van der Waals surface area contributed by atoms with Gasteiger partial charge in [0.15, 0.2) is 0 Å². The summed E-state index contributed by atoms with van der Waals surface area (Å²) in [6.45, 7) is 1.95. The van der Waals surface area contributed by atoms with Crippen molar-refractivity contribution in [1.29, 1.82) is 0 Å². The molecule has 21 heavy (non-hydrogen) atoms. The predicted octanol–water partition coefficient (Wildman–Crippen LogP) is 4.18. The Kier molecular flexibility index (Phi) is 3.35. The zero-order valence-electron chi connectivity index (χ0n) is 11.3. The number of aryl methyl sites for hydroxylation is 1. The molecule has 0 atom stereocenters. The lowest BCUT2D eigenvalue weighted by atomic mass is 10.2. The van der Waals surface area contributed by atoms with Gasteiger partial charge in [-0.05, 0) is 42.8 Å². The van der Waals surface area contributed by atoms with Crippen LogP contribution >= 0.6 is 11.3 Å². The molecule has 2 aromatic carbocycles. The molecule has 0 fully saturated rings. The van der Waals surface area contributed by atoms with Crippen molar-refractivity contribution in [3.05, 3.63) is 58.7 Å². The van der Waals surface area contributed by atoms with Crippen molar-refractivity contribution >= 4 is 38.7 Å². The number of amides is 1. The van der Waals surface area contributed by atoms with Crippen molar-refractivity contribution in [3.63, 3.8) is 0 Å². The number of anilines is 2. The van der Waals surface area contributed by atoms with Gasteiger partial charge in [0.1, 0.15) is 10.7 Å². The Balaban J connectivity index is 1.96. The van der Waals surface area contributed by atoms with Crippen LogP contribution < -0.4 is 11.1 Å². The number of thiophene rings is 1. The zero-order valence-corrected chi connectivity index (χ0v) is 12.1. The molecule has 3 N–H and O–H groups in total. The largest absolute Gasteiger partial charge is 0.397 e. The number of nitrogens with two attached hydrogens (primary N) is 1. The molecule has 3 aromatic rings. The molecule has 3 nitrogen and oxygen atoms in total. The number of rotatable bonds is 2. The van der Waals surface area contributed by atoms with E-state index in [1.54, 1.807) is 6.07 Å². The lowest BCUT2D eigenvalue weighted by molar-refractivity contribution is 0.103. The average molecular weight is 300 g/mol. The van der Waals surface area contributed by atoms with Crippen molar-refractivity contribution in [2.45, 2.75) is 6.92 Å². The molecule has 0 saturated carbocycles. The van der Waals surface area contributed by atoms with Crippen LogP contribution in [0.5, 0.6) is 0 Å². The number of carbonyl (C=O) groups excluding carboxylic acids is 1. The molecule has 3 rings (SSSR count). The number of fused-ring (bicyclic) bond motifs is 1. The van der Waals surface area contributed by atoms with Crippen LogP contribution in [0.4, 0.5) is 15.8 Å². The summed E-state index contributed by atoms with van der Waals surface area (Å²) in [5.74, 6) is -0.641. The van der Waals surface area contributed by atoms with Crippen LogP contribution in [0.25, 0.3) is 10.1 Å². The first-order valence-corrected chi connectivity index (χ1v) is 7.22. The summed E-state index contributed by atoms with van der Waals surface area (Å²) < 4.78 is 14.1. The maximum absolute atomic E-state index is 13.3. The van der Waals surface area contributed by atoms with Gasteiger partial charge in [0.25, 0.3) is 5.91 Å². The van der Waals surface area contributed by atoms with Gasteiger partial charge < -0.3 is 11.1 Å². The molecule has 0 radical (unpaired) electrons. The minimum Gasteiger partial charge on any atom is -0.397 e. The summed E-state index contributed by atoms with van der Waals surface area (Å²) in [6, 6.07) is 11.9. The van der Waals surface area contributed by atoms with Gasteiger partial charge in [-0.15, -0.1) is 11.3 Å². The van der Waals surface area contributed by atoms with E-state index in [1.165, 1.54) is 23.5 Å². The lowest BCUT2D eigenvalue weighted by Gasteiger charge is -2.05. The highest BCUT2D eigenvalue weighted by Gasteiger charge is 2.17. The van der Waals surface area contributed by atoms with E-state index in [0.29, 0.717) is 21.6 Å². The first-order valence-electron chi connectivity index (χ1n) is 6.40. The van der Waals surface area contributed by atoms with E-state index in [1.807, 2.05) is 31.2 Å². The van der Waals surface area contributed by atoms with Crippen LogP contribution in [0.1, 0.15) is 15.2 Å². The van der Waals surface area contributed by atoms with Crippen molar-refractivity contribution in [1.82, 2.24) is 0 Å². The van der Waals surface area contributed by atoms with Gasteiger partial charge in [-0.2, -0.15) is 0 Å². The summed E-state index contributed by atoms with van der Waals surface area (Å²) in [4.78, 5) is 12.7. The molecule has 0 aliphatic heterocycles. The topological polar surface area (TPSA) is 55.1 Å². The van der Waals surface area contributed by atoms with Crippen molar-refractivity contribution in [2.24, 2.45) is 0 Å². The first-order chi connectivity index (χ1) is 10.0. The monoisotopic (exact) mass is 300 g/mol. The van der Waals surface area contributed by atoms with E-state index in [0.717, 1.165) is 10.3 Å². The fraction of sp³-hybridized carbons (Fsp3) is 0.0625. The molecule has 1 aromatic heterocycles. The molecule has 1 amide bonds. The Labute approximate surface area is 125 Å². The maximum Gasteiger partial charge on any atom is 0.267 e. The van der Waals surface area contributed by atoms with Crippen LogP contribution in [0.2, 0.25) is 0 Å². The van der Waals surface area contributed by atoms with Crippen LogP contribution in [0, 0.1) is 12.7 Å². The molecule has 1 heterocycles. The second-order valence-corrected chi connectivity index (χ2v) is 5.86. The Hall–Kier alpha value is -2.40. The van der Waals surface area contributed by atoms with Gasteiger partial charge in [0.05, 0.1) is 5.69 Å². The third-order valence-electron chi connectivity index (χ3n) is 3.17. The molecule has 0 unspecified atom stereocenters. The molecule has 0 spiro atoms. The average Bonchev–Trinajstić information content (AvgIpc) is 2.76. The van der Waals surface area contributed by atoms with E-state index in [2.05, 4.69) is 5.32 Å². The van der Waals surface area contributed by atoms with Crippen molar-refractivity contribution in [2.75, 3.05) is 11.1 Å². The molecule has 106 valence electrons. The van der Waals surface area contributed by atoms with Crippen LogP contribution in [0.3, 0.4) is 0 Å². The summed E-state index contributed by atoms with van der Waals surface area (Å²) in [7, 11) is 0. The number of halogens is 1. The highest BCUT2D eigenvalue weighted by atomic mass is 32.1. The smallest absolute Gasteiger partial charge is 0.267 e. The van der Waals surface area contributed by atoms with Gasteiger partial charge in [-0.25, -0.2) is 4.39 Å². The van der Waals surface area contributed by atoms with Crippen molar-refractivity contribution in [3.8, 4) is 0 Å². The number of benzene rings is 2. The Morgan fingerprint density at radius 3 is 2.81 bits per heavy atom. The second-order valence-electron chi connectivity index (χ2n) is 4.81. The van der Waals surface area contributed by atoms with Gasteiger partial charge in [0, 0.05) is 15.8 Å². The van der Waals surface area contributed by atoms with Crippen molar-refractivity contribution < 1.29 is 9.18 Å². The second kappa shape index (κ2) is 5.18. The van der Waals surface area contributed by atoms with Crippen LogP contribution in [0.15, 0.2) is 42.5 Å². The molecular weight excluding hydrogens is 287 g/mol. The Morgan fingerprint density at radius 1 is 1.24 bits per heavy atom. The molecular formula is C16H13FN2OS. The summed E-state index contributed by atoms with van der Waals surface area (Å²) in [6.07, 6.45) is 0. The number of carbonyl (C=O) groups is 1. The Morgan fingerprint density at radius 2 is 2.05 bits per heavy atom. The molecule has 5 heteroatoms. The zero-order chi connectivity index (χ0) is 15.0. The van der Waals surface area contributed by atoms with Gasteiger partial charge in [-0.1, -0.05) is 12.1 Å². The summed E-state index contributed by atoms with van der Waals surface area (Å²) in [5, 5.41) is 3.39. The summed E-state index contributed by atoms with van der Waals surface area (Å²) >= 11 is 1.26. The third-order valence-corrected chi connectivity index (χ3v) is 4.36. The standard InChI is InChI=1S/C16H13FN2OS/c1-9-3-2-4-11(7-9)19-16(20)15-14(18)12-8-10(17)5-6-13(12)21-15/h2-8H,18H2,1H3,(H,19,20). The van der Waals surface area contributed by atoms with E-state index < -0.39 is 0 Å². The predicted molar refractivity (Wildman–Crippen MR) is 85.3 cm³/mol. The fourth-order valence-electron chi connectivity index (χ4n) is 2.17.